The Morgan fingerprint density at radius 1 is 1.47 bits per heavy atom. The summed E-state index contributed by atoms with van der Waals surface area (Å²) in [5.74, 6) is 0.223. The van der Waals surface area contributed by atoms with Crippen molar-refractivity contribution in [2.75, 3.05) is 11.4 Å². The Bertz CT molecular complexity index is 616. The van der Waals surface area contributed by atoms with Crippen LogP contribution in [-0.2, 0) is 4.79 Å². The highest BCUT2D eigenvalue weighted by molar-refractivity contribution is 6.31. The van der Waals surface area contributed by atoms with E-state index < -0.39 is 6.10 Å². The molecule has 0 spiro atoms. The fourth-order valence-electron chi connectivity index (χ4n) is 2.11. The van der Waals surface area contributed by atoms with Crippen LogP contribution in [0.1, 0.15) is 6.42 Å². The quantitative estimate of drug-likeness (QED) is 0.840. The van der Waals surface area contributed by atoms with Gasteiger partial charge < -0.3 is 10.0 Å². The van der Waals surface area contributed by atoms with E-state index in [0.717, 1.165) is 0 Å². The van der Waals surface area contributed by atoms with Gasteiger partial charge in [0.05, 0.1) is 24.8 Å². The van der Waals surface area contributed by atoms with Gasteiger partial charge in [0.15, 0.2) is 0 Å². The number of aliphatic hydroxyl groups excluding tert-OH is 1. The predicted octanol–water partition coefficient (Wildman–Crippen LogP) is 0.618. The number of benzene rings is 1. The van der Waals surface area contributed by atoms with Gasteiger partial charge in [0.25, 0.3) is 0 Å². The van der Waals surface area contributed by atoms with Crippen LogP contribution in [0.3, 0.4) is 0 Å². The standard InChI is InChI=1S/C11H10ClN5O2/c12-6-1-2-8(11-13-15-16-14-11)9(3-6)17-5-7(18)4-10(17)19/h1-3,7,18H,4-5H2,(H,13,14,15,16). The molecule has 1 unspecified atom stereocenters. The van der Waals surface area contributed by atoms with E-state index in [1.54, 1.807) is 18.2 Å². The number of H-pyrrole nitrogens is 1. The van der Waals surface area contributed by atoms with Crippen LogP contribution in [0.5, 0.6) is 0 Å². The van der Waals surface area contributed by atoms with Crippen molar-refractivity contribution < 1.29 is 9.90 Å². The molecular formula is C11H10ClN5O2. The minimum Gasteiger partial charge on any atom is -0.391 e. The molecule has 19 heavy (non-hydrogen) atoms. The maximum atomic E-state index is 11.9. The van der Waals surface area contributed by atoms with Crippen LogP contribution in [0.2, 0.25) is 5.02 Å². The van der Waals surface area contributed by atoms with Crippen molar-refractivity contribution in [1.82, 2.24) is 20.6 Å². The Morgan fingerprint density at radius 3 is 2.95 bits per heavy atom. The summed E-state index contributed by atoms with van der Waals surface area (Å²) >= 11 is 5.98. The summed E-state index contributed by atoms with van der Waals surface area (Å²) in [6.45, 7) is 0.240. The molecule has 1 atom stereocenters. The van der Waals surface area contributed by atoms with Crippen molar-refractivity contribution in [3.05, 3.63) is 23.2 Å². The lowest BCUT2D eigenvalue weighted by Gasteiger charge is -2.18. The number of aromatic amines is 1. The minimum absolute atomic E-state index is 0.109. The number of rotatable bonds is 2. The molecule has 1 amide bonds. The molecule has 3 rings (SSSR count). The molecular weight excluding hydrogens is 270 g/mol. The molecule has 1 saturated heterocycles. The Labute approximate surface area is 113 Å². The van der Waals surface area contributed by atoms with Crippen molar-refractivity contribution in [2.24, 2.45) is 0 Å². The zero-order valence-corrected chi connectivity index (χ0v) is 10.5. The number of anilines is 1. The van der Waals surface area contributed by atoms with Gasteiger partial charge in [-0.25, -0.2) is 0 Å². The maximum Gasteiger partial charge on any atom is 0.229 e. The molecule has 1 fully saturated rings. The van der Waals surface area contributed by atoms with Gasteiger partial charge in [0.1, 0.15) is 0 Å². The Morgan fingerprint density at radius 2 is 2.32 bits per heavy atom. The first-order valence-corrected chi connectivity index (χ1v) is 6.05. The van der Waals surface area contributed by atoms with Gasteiger partial charge >= 0.3 is 0 Å². The summed E-state index contributed by atoms with van der Waals surface area (Å²) < 4.78 is 0. The lowest BCUT2D eigenvalue weighted by molar-refractivity contribution is -0.117. The number of nitrogens with zero attached hydrogens (tertiary/aromatic N) is 4. The second-order valence-electron chi connectivity index (χ2n) is 4.26. The van der Waals surface area contributed by atoms with E-state index in [2.05, 4.69) is 20.6 Å². The summed E-state index contributed by atoms with van der Waals surface area (Å²) in [5, 5.41) is 23.7. The smallest absolute Gasteiger partial charge is 0.229 e. The number of tetrazole rings is 1. The Kier molecular flexibility index (Phi) is 2.92. The number of aromatic nitrogens is 4. The van der Waals surface area contributed by atoms with Gasteiger partial charge in [-0.15, -0.1) is 10.2 Å². The number of nitrogens with one attached hydrogen (secondary N) is 1. The third-order valence-corrected chi connectivity index (χ3v) is 3.18. The summed E-state index contributed by atoms with van der Waals surface area (Å²) in [6.07, 6.45) is -0.553. The van der Waals surface area contributed by atoms with Crippen molar-refractivity contribution >= 4 is 23.2 Å². The first-order chi connectivity index (χ1) is 9.15. The molecule has 2 heterocycles. The number of hydrogen-bond donors (Lipinski definition) is 2. The molecule has 7 nitrogen and oxygen atoms in total. The predicted molar refractivity (Wildman–Crippen MR) is 67.6 cm³/mol. The van der Waals surface area contributed by atoms with Gasteiger partial charge in [-0.2, -0.15) is 5.21 Å². The van der Waals surface area contributed by atoms with E-state index in [-0.39, 0.29) is 18.9 Å². The first-order valence-electron chi connectivity index (χ1n) is 5.67. The molecule has 0 saturated carbocycles. The van der Waals surface area contributed by atoms with Gasteiger partial charge in [-0.05, 0) is 23.4 Å². The van der Waals surface area contributed by atoms with Gasteiger partial charge in [0, 0.05) is 10.6 Å². The second-order valence-corrected chi connectivity index (χ2v) is 4.70. The molecule has 0 aliphatic carbocycles. The largest absolute Gasteiger partial charge is 0.391 e. The van der Waals surface area contributed by atoms with Crippen LogP contribution >= 0.6 is 11.6 Å². The van der Waals surface area contributed by atoms with E-state index in [1.807, 2.05) is 0 Å². The van der Waals surface area contributed by atoms with Gasteiger partial charge in [-0.3, -0.25) is 4.79 Å². The lowest BCUT2D eigenvalue weighted by atomic mass is 10.1. The van der Waals surface area contributed by atoms with Crippen LogP contribution in [-0.4, -0.2) is 44.3 Å². The first kappa shape index (κ1) is 12.1. The molecule has 1 aliphatic heterocycles. The SMILES string of the molecule is O=C1CC(O)CN1c1cc(Cl)ccc1-c1nn[nH]n1. The van der Waals surface area contributed by atoms with Crippen molar-refractivity contribution in [2.45, 2.75) is 12.5 Å². The zero-order valence-electron chi connectivity index (χ0n) is 9.75. The van der Waals surface area contributed by atoms with E-state index in [0.29, 0.717) is 22.1 Å². The van der Waals surface area contributed by atoms with Gasteiger partial charge in [-0.1, -0.05) is 11.6 Å². The van der Waals surface area contributed by atoms with Crippen molar-refractivity contribution in [3.63, 3.8) is 0 Å². The minimum atomic E-state index is -0.662. The number of amides is 1. The highest BCUT2D eigenvalue weighted by Gasteiger charge is 2.31. The Hall–Kier alpha value is -1.99. The normalized spacial score (nSPS) is 19.2. The van der Waals surface area contributed by atoms with Crippen LogP contribution in [0, 0.1) is 0 Å². The number of aliphatic hydroxyl groups is 1. The number of carbonyl (C=O) groups excluding carboxylic acids is 1. The van der Waals surface area contributed by atoms with Crippen LogP contribution < -0.4 is 4.90 Å². The average molecular weight is 280 g/mol. The fourth-order valence-corrected chi connectivity index (χ4v) is 2.28. The van der Waals surface area contributed by atoms with Crippen molar-refractivity contribution in [3.8, 4) is 11.4 Å². The summed E-state index contributed by atoms with van der Waals surface area (Å²) in [6, 6.07) is 5.07. The van der Waals surface area contributed by atoms with Crippen LogP contribution in [0.15, 0.2) is 18.2 Å². The van der Waals surface area contributed by atoms with Crippen molar-refractivity contribution in [1.29, 1.82) is 0 Å². The molecule has 2 aromatic rings. The number of halogens is 1. The number of β-amino-alcohol motifs (C(OH)–C–C–N with tert-alkyl or cyclic N) is 1. The molecule has 0 bridgehead atoms. The molecule has 1 aliphatic rings. The highest BCUT2D eigenvalue weighted by Crippen LogP contribution is 2.33. The average Bonchev–Trinajstić information content (AvgIpc) is 2.99. The van der Waals surface area contributed by atoms with Crippen LogP contribution in [0.4, 0.5) is 5.69 Å². The molecule has 2 N–H and O–H groups in total. The maximum absolute atomic E-state index is 11.9. The summed E-state index contributed by atoms with van der Waals surface area (Å²) in [4.78, 5) is 13.4. The molecule has 8 heteroatoms. The molecule has 1 aromatic carbocycles. The Balaban J connectivity index is 2.09. The monoisotopic (exact) mass is 279 g/mol. The highest BCUT2D eigenvalue weighted by atomic mass is 35.5. The zero-order chi connectivity index (χ0) is 13.4. The van der Waals surface area contributed by atoms with E-state index in [4.69, 9.17) is 11.6 Å². The number of carbonyl (C=O) groups is 1. The van der Waals surface area contributed by atoms with Crippen LogP contribution in [0.25, 0.3) is 11.4 Å². The fraction of sp³-hybridized carbons (Fsp3) is 0.273. The van der Waals surface area contributed by atoms with E-state index >= 15 is 0 Å². The third-order valence-electron chi connectivity index (χ3n) is 2.94. The van der Waals surface area contributed by atoms with E-state index in [1.165, 1.54) is 4.90 Å². The number of hydrogen-bond acceptors (Lipinski definition) is 5. The molecule has 98 valence electrons. The lowest BCUT2D eigenvalue weighted by Crippen LogP contribution is -2.25. The van der Waals surface area contributed by atoms with E-state index in [9.17, 15) is 9.90 Å². The summed E-state index contributed by atoms with van der Waals surface area (Å²) in [5.41, 5.74) is 1.22. The van der Waals surface area contributed by atoms with Gasteiger partial charge in [0.2, 0.25) is 11.7 Å². The third kappa shape index (κ3) is 2.18. The topological polar surface area (TPSA) is 95.0 Å². The summed E-state index contributed by atoms with van der Waals surface area (Å²) in [7, 11) is 0. The molecule has 1 aromatic heterocycles. The molecule has 0 radical (unpaired) electrons. The second kappa shape index (κ2) is 4.60.